The van der Waals surface area contributed by atoms with Crippen molar-refractivity contribution in [1.29, 1.82) is 0 Å². The molecule has 1 amide bonds. The van der Waals surface area contributed by atoms with E-state index in [1.165, 1.54) is 36.8 Å². The Labute approximate surface area is 193 Å². The van der Waals surface area contributed by atoms with E-state index < -0.39 is 22.5 Å². The Kier molecular flexibility index (Phi) is 8.35. The normalized spacial score (nSPS) is 15.0. The smallest absolute Gasteiger partial charge is 0.264 e. The van der Waals surface area contributed by atoms with E-state index in [9.17, 15) is 13.2 Å². The number of nitrogens with one attached hydrogen (secondary N) is 1. The molecule has 0 spiro atoms. The number of sulfonamides is 1. The minimum Gasteiger partial charge on any atom is -0.271 e. The fourth-order valence-electron chi connectivity index (χ4n) is 3.41. The number of nitrogens with zero attached hydrogens (tertiary/aromatic N) is 2. The number of hydrogen-bond acceptors (Lipinski definition) is 4. The van der Waals surface area contributed by atoms with Crippen LogP contribution in [0.5, 0.6) is 0 Å². The average molecular weight is 482 g/mol. The minimum absolute atomic E-state index is 0.0241. The number of carbonyl (C=O) groups is 1. The topological polar surface area (TPSA) is 78.8 Å². The maximum atomic E-state index is 13.3. The van der Waals surface area contributed by atoms with E-state index in [2.05, 4.69) is 10.5 Å². The van der Waals surface area contributed by atoms with Crippen LogP contribution in [-0.2, 0) is 14.8 Å². The van der Waals surface area contributed by atoms with E-state index in [0.29, 0.717) is 10.0 Å². The van der Waals surface area contributed by atoms with Crippen LogP contribution in [0.15, 0.2) is 58.5 Å². The summed E-state index contributed by atoms with van der Waals surface area (Å²) in [7, 11) is -4.03. The summed E-state index contributed by atoms with van der Waals surface area (Å²) in [5, 5.41) is 5.05. The lowest BCUT2D eigenvalue weighted by Crippen LogP contribution is -2.39. The molecule has 0 heterocycles. The quantitative estimate of drug-likeness (QED) is 0.560. The molecule has 1 N–H and O–H groups in total. The Morgan fingerprint density at radius 2 is 1.58 bits per heavy atom. The van der Waals surface area contributed by atoms with Crippen molar-refractivity contribution < 1.29 is 13.2 Å². The van der Waals surface area contributed by atoms with Crippen LogP contribution in [0.1, 0.15) is 44.9 Å². The summed E-state index contributed by atoms with van der Waals surface area (Å²) in [6, 6.07) is 12.2. The average Bonchev–Trinajstić information content (AvgIpc) is 2.71. The van der Waals surface area contributed by atoms with Crippen LogP contribution in [-0.4, -0.2) is 26.6 Å². The molecule has 0 atom stereocenters. The number of anilines is 1. The third kappa shape index (κ3) is 6.69. The highest BCUT2D eigenvalue weighted by atomic mass is 35.5. The zero-order chi connectivity index (χ0) is 22.3. The summed E-state index contributed by atoms with van der Waals surface area (Å²) in [6.07, 6.45) is 7.35. The van der Waals surface area contributed by atoms with Gasteiger partial charge in [0.05, 0.1) is 10.6 Å². The summed E-state index contributed by atoms with van der Waals surface area (Å²) in [6.45, 7) is -0.428. The van der Waals surface area contributed by atoms with Gasteiger partial charge >= 0.3 is 0 Å². The van der Waals surface area contributed by atoms with Crippen molar-refractivity contribution in [2.24, 2.45) is 5.10 Å². The van der Waals surface area contributed by atoms with E-state index in [4.69, 9.17) is 23.2 Å². The van der Waals surface area contributed by atoms with Gasteiger partial charge in [-0.2, -0.15) is 5.10 Å². The second-order valence-electron chi connectivity index (χ2n) is 7.43. The van der Waals surface area contributed by atoms with Crippen molar-refractivity contribution in [2.75, 3.05) is 10.8 Å². The number of amides is 1. The van der Waals surface area contributed by atoms with Gasteiger partial charge in [0.15, 0.2) is 0 Å². The molecule has 0 aromatic heterocycles. The van der Waals surface area contributed by atoms with E-state index in [0.717, 1.165) is 48.5 Å². The first kappa shape index (κ1) is 23.6. The molecule has 9 heteroatoms. The molecule has 0 saturated heterocycles. The number of halogens is 2. The minimum atomic E-state index is -4.03. The lowest BCUT2D eigenvalue weighted by molar-refractivity contribution is -0.119. The molecule has 0 bridgehead atoms. The Morgan fingerprint density at radius 1 is 0.935 bits per heavy atom. The molecular weight excluding hydrogens is 457 g/mol. The second kappa shape index (κ2) is 11.0. The molecule has 6 nitrogen and oxygen atoms in total. The highest BCUT2D eigenvalue weighted by Crippen LogP contribution is 2.26. The predicted octanol–water partition coefficient (Wildman–Crippen LogP) is 5.41. The van der Waals surface area contributed by atoms with Gasteiger partial charge in [-0.25, -0.2) is 13.8 Å². The van der Waals surface area contributed by atoms with Crippen LogP contribution < -0.4 is 9.73 Å². The van der Waals surface area contributed by atoms with E-state index in [-0.39, 0.29) is 10.6 Å². The van der Waals surface area contributed by atoms with Crippen LogP contribution in [0.2, 0.25) is 10.0 Å². The Balaban J connectivity index is 1.83. The molecule has 1 aliphatic carbocycles. The predicted molar refractivity (Wildman–Crippen MR) is 125 cm³/mol. The molecule has 2 aromatic rings. The van der Waals surface area contributed by atoms with E-state index in [1.54, 1.807) is 18.2 Å². The van der Waals surface area contributed by atoms with Crippen LogP contribution in [0.3, 0.4) is 0 Å². The van der Waals surface area contributed by atoms with Crippen molar-refractivity contribution in [1.82, 2.24) is 5.43 Å². The van der Waals surface area contributed by atoms with Crippen LogP contribution in [0.25, 0.3) is 0 Å². The monoisotopic (exact) mass is 481 g/mol. The zero-order valence-electron chi connectivity index (χ0n) is 17.1. The molecule has 166 valence electrons. The van der Waals surface area contributed by atoms with Gasteiger partial charge in [-0.3, -0.25) is 9.10 Å². The maximum absolute atomic E-state index is 13.3. The standard InChI is InChI=1S/C22H25Cl2N3O3S/c23-17-11-13-21(14-12-17)31(29,30)27(20-10-6-7-18(24)15-20)16-22(28)26-25-19-8-4-2-1-3-5-9-19/h6-7,10-15H,1-5,8-9,16H2,(H,26,28). The van der Waals surface area contributed by atoms with Gasteiger partial charge < -0.3 is 0 Å². The molecule has 1 fully saturated rings. The van der Waals surface area contributed by atoms with Gasteiger partial charge in [-0.15, -0.1) is 0 Å². The van der Waals surface area contributed by atoms with Crippen LogP contribution >= 0.6 is 23.2 Å². The maximum Gasteiger partial charge on any atom is 0.264 e. The highest BCUT2D eigenvalue weighted by Gasteiger charge is 2.27. The van der Waals surface area contributed by atoms with E-state index >= 15 is 0 Å². The van der Waals surface area contributed by atoms with E-state index in [1.807, 2.05) is 0 Å². The van der Waals surface area contributed by atoms with Crippen molar-refractivity contribution in [3.8, 4) is 0 Å². The first-order valence-corrected chi connectivity index (χ1v) is 12.4. The molecule has 2 aromatic carbocycles. The number of carbonyl (C=O) groups excluding carboxylic acids is 1. The zero-order valence-corrected chi connectivity index (χ0v) is 19.4. The number of hydrazone groups is 1. The Bertz CT molecular complexity index is 1030. The SMILES string of the molecule is O=C(CN(c1cccc(Cl)c1)S(=O)(=O)c1ccc(Cl)cc1)NN=C1CCCCCCC1. The molecule has 1 aliphatic rings. The molecule has 0 radical (unpaired) electrons. The van der Waals surface area contributed by atoms with Crippen molar-refractivity contribution >= 4 is 50.5 Å². The highest BCUT2D eigenvalue weighted by molar-refractivity contribution is 7.92. The van der Waals surface area contributed by atoms with Gasteiger partial charge in [0, 0.05) is 15.8 Å². The van der Waals surface area contributed by atoms with Gasteiger partial charge in [0.25, 0.3) is 15.9 Å². The lowest BCUT2D eigenvalue weighted by atomic mass is 9.99. The number of hydrogen-bond donors (Lipinski definition) is 1. The first-order chi connectivity index (χ1) is 14.9. The molecule has 31 heavy (non-hydrogen) atoms. The van der Waals surface area contributed by atoms with Crippen molar-refractivity contribution in [2.45, 2.75) is 49.8 Å². The summed E-state index contributed by atoms with van der Waals surface area (Å²) in [4.78, 5) is 12.7. The second-order valence-corrected chi connectivity index (χ2v) is 10.2. The van der Waals surface area contributed by atoms with Gasteiger partial charge in [-0.1, -0.05) is 48.5 Å². The molecule has 1 saturated carbocycles. The van der Waals surface area contributed by atoms with Crippen LogP contribution in [0.4, 0.5) is 5.69 Å². The lowest BCUT2D eigenvalue weighted by Gasteiger charge is -2.24. The number of rotatable bonds is 6. The Hall–Kier alpha value is -2.09. The van der Waals surface area contributed by atoms with Crippen molar-refractivity contribution in [3.63, 3.8) is 0 Å². The largest absolute Gasteiger partial charge is 0.271 e. The number of benzene rings is 2. The molecular formula is C22H25Cl2N3O3S. The molecule has 0 unspecified atom stereocenters. The molecule has 0 aliphatic heterocycles. The van der Waals surface area contributed by atoms with Gasteiger partial charge in [0.2, 0.25) is 0 Å². The molecule has 3 rings (SSSR count). The van der Waals surface area contributed by atoms with Crippen LogP contribution in [0, 0.1) is 0 Å². The third-order valence-electron chi connectivity index (χ3n) is 5.05. The van der Waals surface area contributed by atoms with Crippen molar-refractivity contribution in [3.05, 3.63) is 58.6 Å². The summed E-state index contributed by atoms with van der Waals surface area (Å²) in [5.74, 6) is -0.521. The summed E-state index contributed by atoms with van der Waals surface area (Å²) >= 11 is 12.0. The Morgan fingerprint density at radius 3 is 2.23 bits per heavy atom. The van der Waals surface area contributed by atoms with Gasteiger partial charge in [-0.05, 0) is 68.1 Å². The van der Waals surface area contributed by atoms with Gasteiger partial charge in [0.1, 0.15) is 6.54 Å². The third-order valence-corrected chi connectivity index (χ3v) is 7.33. The fraction of sp³-hybridized carbons (Fsp3) is 0.364. The fourth-order valence-corrected chi connectivity index (χ4v) is 5.14. The first-order valence-electron chi connectivity index (χ1n) is 10.2. The summed E-state index contributed by atoms with van der Waals surface area (Å²) < 4.78 is 27.6. The summed E-state index contributed by atoms with van der Waals surface area (Å²) in [5.41, 5.74) is 3.77.